The van der Waals surface area contributed by atoms with E-state index in [0.717, 1.165) is 17.8 Å². The quantitative estimate of drug-likeness (QED) is 0.714. The Labute approximate surface area is 77.8 Å². The summed E-state index contributed by atoms with van der Waals surface area (Å²) in [7, 11) is 0. The van der Waals surface area contributed by atoms with Crippen molar-refractivity contribution in [3.63, 3.8) is 0 Å². The summed E-state index contributed by atoms with van der Waals surface area (Å²) in [5, 5.41) is 3.97. The van der Waals surface area contributed by atoms with Gasteiger partial charge in [-0.3, -0.25) is 0 Å². The van der Waals surface area contributed by atoms with Gasteiger partial charge in [0.05, 0.1) is 0 Å². The van der Waals surface area contributed by atoms with E-state index < -0.39 is 0 Å². The van der Waals surface area contributed by atoms with Crippen LogP contribution >= 0.6 is 0 Å². The minimum atomic E-state index is 0.576. The highest BCUT2D eigenvalue weighted by atomic mass is 16.5. The van der Waals surface area contributed by atoms with E-state index in [1.807, 2.05) is 13.0 Å². The van der Waals surface area contributed by atoms with E-state index in [9.17, 15) is 0 Å². The summed E-state index contributed by atoms with van der Waals surface area (Å²) in [5.74, 6) is 2.17. The number of rotatable bonds is 3. The van der Waals surface area contributed by atoms with Gasteiger partial charge in [-0.05, 0) is 26.2 Å². The molecule has 70 valence electrons. The second kappa shape index (κ2) is 3.32. The predicted molar refractivity (Wildman–Crippen MR) is 50.2 cm³/mol. The fraction of sp³-hybridized carbons (Fsp3) is 0.600. The van der Waals surface area contributed by atoms with Crippen LogP contribution < -0.4 is 0 Å². The largest absolute Gasteiger partial charge is 0.334 e. The van der Waals surface area contributed by atoms with E-state index >= 15 is 0 Å². The molecule has 1 aromatic heterocycles. The van der Waals surface area contributed by atoms with Gasteiger partial charge in [0.15, 0.2) is 5.82 Å². The Morgan fingerprint density at radius 1 is 1.62 bits per heavy atom. The van der Waals surface area contributed by atoms with E-state index in [0.29, 0.717) is 11.8 Å². The van der Waals surface area contributed by atoms with Crippen LogP contribution in [0.5, 0.6) is 0 Å². The van der Waals surface area contributed by atoms with Crippen molar-refractivity contribution in [2.24, 2.45) is 0 Å². The van der Waals surface area contributed by atoms with Crippen LogP contribution in [0, 0.1) is 0 Å². The molecular formula is C10H14N2O. The maximum Gasteiger partial charge on any atom is 0.253 e. The van der Waals surface area contributed by atoms with Crippen LogP contribution in [0.4, 0.5) is 0 Å². The molecule has 1 saturated carbocycles. The van der Waals surface area contributed by atoms with Gasteiger partial charge in [-0.2, -0.15) is 4.98 Å². The third-order valence-electron chi connectivity index (χ3n) is 2.39. The smallest absolute Gasteiger partial charge is 0.253 e. The Morgan fingerprint density at radius 3 is 2.92 bits per heavy atom. The average molecular weight is 178 g/mol. The number of hydrogen-bond donors (Lipinski definition) is 0. The zero-order chi connectivity index (χ0) is 9.26. The Hall–Kier alpha value is -1.12. The van der Waals surface area contributed by atoms with E-state index in [2.05, 4.69) is 17.1 Å². The van der Waals surface area contributed by atoms with Crippen molar-refractivity contribution in [2.75, 3.05) is 0 Å². The van der Waals surface area contributed by atoms with Crippen LogP contribution in [0.25, 0.3) is 5.57 Å². The highest BCUT2D eigenvalue weighted by Gasteiger charge is 2.28. The van der Waals surface area contributed by atoms with Crippen molar-refractivity contribution in [1.82, 2.24) is 10.1 Å². The fourth-order valence-corrected chi connectivity index (χ4v) is 1.35. The summed E-state index contributed by atoms with van der Waals surface area (Å²) in [4.78, 5) is 4.37. The molecule has 1 fully saturated rings. The van der Waals surface area contributed by atoms with Crippen molar-refractivity contribution in [2.45, 2.75) is 39.0 Å². The number of nitrogens with zero attached hydrogens (tertiary/aromatic N) is 2. The highest BCUT2D eigenvalue weighted by molar-refractivity contribution is 5.57. The lowest BCUT2D eigenvalue weighted by Crippen LogP contribution is -1.84. The van der Waals surface area contributed by atoms with Gasteiger partial charge in [0, 0.05) is 11.5 Å². The zero-order valence-corrected chi connectivity index (χ0v) is 8.08. The summed E-state index contributed by atoms with van der Waals surface area (Å²) in [6, 6.07) is 0. The molecule has 0 aromatic carbocycles. The minimum absolute atomic E-state index is 0.576. The number of allylic oxidation sites excluding steroid dienone is 2. The van der Waals surface area contributed by atoms with Gasteiger partial charge in [0.1, 0.15) is 0 Å². The lowest BCUT2D eigenvalue weighted by atomic mass is 10.2. The van der Waals surface area contributed by atoms with E-state index in [1.54, 1.807) is 0 Å². The molecule has 1 heterocycles. The van der Waals surface area contributed by atoms with Crippen LogP contribution in [0.3, 0.4) is 0 Å². The van der Waals surface area contributed by atoms with Gasteiger partial charge >= 0.3 is 0 Å². The van der Waals surface area contributed by atoms with Crippen molar-refractivity contribution in [3.05, 3.63) is 17.8 Å². The molecule has 0 radical (unpaired) electrons. The Bertz CT molecular complexity index is 323. The molecule has 0 unspecified atom stereocenters. The molecule has 13 heavy (non-hydrogen) atoms. The van der Waals surface area contributed by atoms with E-state index in [4.69, 9.17) is 4.52 Å². The van der Waals surface area contributed by atoms with E-state index in [-0.39, 0.29) is 0 Å². The maximum atomic E-state index is 5.18. The molecule has 2 rings (SSSR count). The van der Waals surface area contributed by atoms with Crippen LogP contribution in [-0.2, 0) is 0 Å². The van der Waals surface area contributed by atoms with Crippen LogP contribution in [0.1, 0.15) is 50.7 Å². The van der Waals surface area contributed by atoms with Crippen molar-refractivity contribution in [1.29, 1.82) is 0 Å². The summed E-state index contributed by atoms with van der Waals surface area (Å²) in [6.45, 7) is 4.09. The summed E-state index contributed by atoms with van der Waals surface area (Å²) >= 11 is 0. The minimum Gasteiger partial charge on any atom is -0.334 e. The molecule has 3 nitrogen and oxygen atoms in total. The summed E-state index contributed by atoms with van der Waals surface area (Å²) in [5.41, 5.74) is 1.14. The van der Waals surface area contributed by atoms with Gasteiger partial charge in [-0.25, -0.2) is 0 Å². The molecule has 0 amide bonds. The Morgan fingerprint density at radius 2 is 2.38 bits per heavy atom. The van der Waals surface area contributed by atoms with Crippen molar-refractivity contribution >= 4 is 5.57 Å². The Balaban J connectivity index is 2.20. The van der Waals surface area contributed by atoms with Gasteiger partial charge in [-0.15, -0.1) is 0 Å². The van der Waals surface area contributed by atoms with Gasteiger partial charge < -0.3 is 4.52 Å². The Kier molecular flexibility index (Phi) is 2.17. The molecule has 0 saturated heterocycles. The first-order valence-corrected chi connectivity index (χ1v) is 4.84. The molecule has 1 aliphatic rings. The van der Waals surface area contributed by atoms with Gasteiger partial charge in [0.25, 0.3) is 5.89 Å². The van der Waals surface area contributed by atoms with Crippen LogP contribution in [0.15, 0.2) is 10.6 Å². The zero-order valence-electron chi connectivity index (χ0n) is 8.08. The topological polar surface area (TPSA) is 38.9 Å². The SMILES string of the molecule is C/C=C(/CC)c1nc(C2CC2)no1. The van der Waals surface area contributed by atoms with Gasteiger partial charge in [0.2, 0.25) is 0 Å². The normalized spacial score (nSPS) is 17.8. The van der Waals surface area contributed by atoms with Crippen LogP contribution in [-0.4, -0.2) is 10.1 Å². The first-order chi connectivity index (χ1) is 6.35. The third kappa shape index (κ3) is 1.64. The predicted octanol–water partition coefficient (Wildman–Crippen LogP) is 2.76. The molecule has 1 aliphatic carbocycles. The first kappa shape index (κ1) is 8.48. The fourth-order valence-electron chi connectivity index (χ4n) is 1.35. The third-order valence-corrected chi connectivity index (χ3v) is 2.39. The van der Waals surface area contributed by atoms with E-state index in [1.165, 1.54) is 12.8 Å². The summed E-state index contributed by atoms with van der Waals surface area (Å²) < 4.78 is 5.18. The lowest BCUT2D eigenvalue weighted by molar-refractivity contribution is 0.399. The first-order valence-electron chi connectivity index (χ1n) is 4.84. The lowest BCUT2D eigenvalue weighted by Gasteiger charge is -1.93. The molecular weight excluding hydrogens is 164 g/mol. The maximum absolute atomic E-state index is 5.18. The highest BCUT2D eigenvalue weighted by Crippen LogP contribution is 2.38. The van der Waals surface area contributed by atoms with Crippen molar-refractivity contribution < 1.29 is 4.52 Å². The number of hydrogen-bond acceptors (Lipinski definition) is 3. The molecule has 0 spiro atoms. The number of aromatic nitrogens is 2. The summed E-state index contributed by atoms with van der Waals surface area (Å²) in [6.07, 6.45) is 5.42. The monoisotopic (exact) mass is 178 g/mol. The van der Waals surface area contributed by atoms with Gasteiger partial charge in [-0.1, -0.05) is 18.2 Å². The molecule has 3 heteroatoms. The standard InChI is InChI=1S/C10H14N2O/c1-3-7(4-2)10-11-9(12-13-10)8-5-6-8/h3,8H,4-6H2,1-2H3/b7-3-. The molecule has 1 aromatic rings. The molecule has 0 atom stereocenters. The van der Waals surface area contributed by atoms with Crippen LogP contribution in [0.2, 0.25) is 0 Å². The molecule has 0 N–H and O–H groups in total. The average Bonchev–Trinajstić information content (AvgIpc) is 2.89. The second-order valence-corrected chi connectivity index (χ2v) is 3.40. The molecule has 0 aliphatic heterocycles. The molecule has 0 bridgehead atoms. The van der Waals surface area contributed by atoms with Crippen molar-refractivity contribution in [3.8, 4) is 0 Å². The second-order valence-electron chi connectivity index (χ2n) is 3.40.